The number of anilines is 4. The van der Waals surface area contributed by atoms with Crippen molar-refractivity contribution in [1.29, 1.82) is 0 Å². The topological polar surface area (TPSA) is 75.9 Å². The van der Waals surface area contributed by atoms with Gasteiger partial charge in [-0.15, -0.1) is 0 Å². The van der Waals surface area contributed by atoms with Crippen LogP contribution >= 0.6 is 11.6 Å². The highest BCUT2D eigenvalue weighted by atomic mass is 35.5. The average molecular weight is 340 g/mol. The molecule has 0 unspecified atom stereocenters. The Hall–Kier alpha value is -2.79. The van der Waals surface area contributed by atoms with Gasteiger partial charge >= 0.3 is 0 Å². The molecule has 0 atom stereocenters. The van der Waals surface area contributed by atoms with Crippen LogP contribution in [0.15, 0.2) is 60.9 Å². The van der Waals surface area contributed by atoms with Crippen molar-refractivity contribution in [2.45, 2.75) is 6.42 Å². The standard InChI is InChI=1S/C18H18ClN5/c19-14-6-8-15(9-7-14)24-18-16(20)17(22-12-23-18)21-11-10-13-4-2-1-3-5-13/h1-9,12H,10-11,20H2,(H2,21,22,23,24). The van der Waals surface area contributed by atoms with Crippen LogP contribution in [0.5, 0.6) is 0 Å². The van der Waals surface area contributed by atoms with E-state index in [2.05, 4.69) is 32.7 Å². The molecule has 0 spiro atoms. The maximum Gasteiger partial charge on any atom is 0.159 e. The van der Waals surface area contributed by atoms with Crippen LogP contribution in [0.3, 0.4) is 0 Å². The van der Waals surface area contributed by atoms with Gasteiger partial charge in [-0.1, -0.05) is 41.9 Å². The number of nitrogens with one attached hydrogen (secondary N) is 2. The fraction of sp³-hybridized carbons (Fsp3) is 0.111. The van der Waals surface area contributed by atoms with Gasteiger partial charge in [0.05, 0.1) is 0 Å². The Bertz CT molecular complexity index is 790. The molecule has 2 aromatic carbocycles. The van der Waals surface area contributed by atoms with E-state index in [4.69, 9.17) is 17.3 Å². The van der Waals surface area contributed by atoms with Crippen molar-refractivity contribution in [3.05, 3.63) is 71.5 Å². The third-order valence-corrected chi connectivity index (χ3v) is 3.79. The first-order valence-corrected chi connectivity index (χ1v) is 8.01. The van der Waals surface area contributed by atoms with E-state index in [9.17, 15) is 0 Å². The van der Waals surface area contributed by atoms with Crippen LogP contribution < -0.4 is 16.4 Å². The normalized spacial score (nSPS) is 10.4. The van der Waals surface area contributed by atoms with Crippen LogP contribution in [0.25, 0.3) is 0 Å². The predicted octanol–water partition coefficient (Wildman–Crippen LogP) is 4.11. The van der Waals surface area contributed by atoms with Crippen molar-refractivity contribution >= 4 is 34.6 Å². The summed E-state index contributed by atoms with van der Waals surface area (Å²) in [6.45, 7) is 0.742. The van der Waals surface area contributed by atoms with E-state index in [0.29, 0.717) is 22.3 Å². The number of halogens is 1. The molecule has 3 aromatic rings. The molecule has 0 amide bonds. The summed E-state index contributed by atoms with van der Waals surface area (Å²) in [6, 6.07) is 17.6. The van der Waals surface area contributed by atoms with Gasteiger partial charge in [0.15, 0.2) is 11.6 Å². The number of rotatable bonds is 6. The van der Waals surface area contributed by atoms with Crippen molar-refractivity contribution in [2.24, 2.45) is 0 Å². The second-order valence-corrected chi connectivity index (χ2v) is 5.72. The van der Waals surface area contributed by atoms with Crippen LogP contribution in [-0.4, -0.2) is 16.5 Å². The summed E-state index contributed by atoms with van der Waals surface area (Å²) in [5, 5.41) is 7.11. The molecule has 6 heteroatoms. The maximum atomic E-state index is 6.16. The fourth-order valence-electron chi connectivity index (χ4n) is 2.28. The van der Waals surface area contributed by atoms with E-state index in [1.807, 2.05) is 30.3 Å². The monoisotopic (exact) mass is 339 g/mol. The molecule has 0 bridgehead atoms. The van der Waals surface area contributed by atoms with Crippen LogP contribution in [-0.2, 0) is 6.42 Å². The maximum absolute atomic E-state index is 6.16. The second-order valence-electron chi connectivity index (χ2n) is 5.28. The lowest BCUT2D eigenvalue weighted by Gasteiger charge is -2.12. The number of aromatic nitrogens is 2. The van der Waals surface area contributed by atoms with E-state index in [1.165, 1.54) is 11.9 Å². The van der Waals surface area contributed by atoms with Crippen molar-refractivity contribution in [3.63, 3.8) is 0 Å². The molecule has 0 aliphatic heterocycles. The number of benzene rings is 2. The summed E-state index contributed by atoms with van der Waals surface area (Å²) in [5.41, 5.74) is 8.77. The molecule has 1 heterocycles. The molecule has 0 aliphatic rings. The molecule has 122 valence electrons. The second kappa shape index (κ2) is 7.66. The molecular weight excluding hydrogens is 322 g/mol. The van der Waals surface area contributed by atoms with Gasteiger partial charge in [0, 0.05) is 17.3 Å². The summed E-state index contributed by atoms with van der Waals surface area (Å²) in [4.78, 5) is 8.42. The molecule has 4 N–H and O–H groups in total. The Morgan fingerprint density at radius 3 is 2.38 bits per heavy atom. The largest absolute Gasteiger partial charge is 0.393 e. The zero-order valence-electron chi connectivity index (χ0n) is 13.0. The lowest BCUT2D eigenvalue weighted by Crippen LogP contribution is -2.10. The minimum absolute atomic E-state index is 0.487. The summed E-state index contributed by atoms with van der Waals surface area (Å²) in [7, 11) is 0. The van der Waals surface area contributed by atoms with Crippen LogP contribution in [0.2, 0.25) is 5.02 Å². The molecule has 1 aromatic heterocycles. The van der Waals surface area contributed by atoms with Gasteiger partial charge in [-0.25, -0.2) is 9.97 Å². The average Bonchev–Trinajstić information content (AvgIpc) is 2.61. The van der Waals surface area contributed by atoms with Gasteiger partial charge in [0.1, 0.15) is 12.0 Å². The van der Waals surface area contributed by atoms with Gasteiger partial charge < -0.3 is 16.4 Å². The van der Waals surface area contributed by atoms with Crippen LogP contribution in [0.4, 0.5) is 23.0 Å². The number of hydrogen-bond donors (Lipinski definition) is 3. The van der Waals surface area contributed by atoms with Gasteiger partial charge in [-0.05, 0) is 36.2 Å². The Kier molecular flexibility index (Phi) is 5.13. The molecule has 0 fully saturated rings. The highest BCUT2D eigenvalue weighted by Crippen LogP contribution is 2.26. The molecule has 3 rings (SSSR count). The van der Waals surface area contributed by atoms with E-state index >= 15 is 0 Å². The number of hydrogen-bond acceptors (Lipinski definition) is 5. The summed E-state index contributed by atoms with van der Waals surface area (Å²) < 4.78 is 0. The molecule has 0 aliphatic carbocycles. The van der Waals surface area contributed by atoms with Gasteiger partial charge in [-0.3, -0.25) is 0 Å². The van der Waals surface area contributed by atoms with Gasteiger partial charge in [0.25, 0.3) is 0 Å². The van der Waals surface area contributed by atoms with E-state index < -0.39 is 0 Å². The summed E-state index contributed by atoms with van der Waals surface area (Å²) in [5.74, 6) is 1.19. The molecule has 0 radical (unpaired) electrons. The Balaban J connectivity index is 1.65. The van der Waals surface area contributed by atoms with Crippen molar-refractivity contribution in [2.75, 3.05) is 22.9 Å². The molecule has 24 heavy (non-hydrogen) atoms. The molecular formula is C18H18ClN5. The summed E-state index contributed by atoms with van der Waals surface area (Å²) in [6.07, 6.45) is 2.38. The zero-order valence-corrected chi connectivity index (χ0v) is 13.8. The molecule has 0 saturated carbocycles. The first-order chi connectivity index (χ1) is 11.7. The quantitative estimate of drug-likeness (QED) is 0.630. The van der Waals surface area contributed by atoms with Crippen molar-refractivity contribution in [1.82, 2.24) is 9.97 Å². The van der Waals surface area contributed by atoms with Crippen LogP contribution in [0, 0.1) is 0 Å². The Morgan fingerprint density at radius 1 is 0.917 bits per heavy atom. The van der Waals surface area contributed by atoms with Crippen LogP contribution in [0.1, 0.15) is 5.56 Å². The van der Waals surface area contributed by atoms with Gasteiger partial charge in [-0.2, -0.15) is 0 Å². The first kappa shape index (κ1) is 16.1. The molecule has 5 nitrogen and oxygen atoms in total. The predicted molar refractivity (Wildman–Crippen MR) is 99.8 cm³/mol. The minimum Gasteiger partial charge on any atom is -0.393 e. The third-order valence-electron chi connectivity index (χ3n) is 3.54. The number of nitrogens with zero attached hydrogens (tertiary/aromatic N) is 2. The number of nitrogen functional groups attached to an aromatic ring is 1. The lowest BCUT2D eigenvalue weighted by molar-refractivity contribution is 1.00. The van der Waals surface area contributed by atoms with E-state index in [-0.39, 0.29) is 0 Å². The molecule has 0 saturated heterocycles. The van der Waals surface area contributed by atoms with Gasteiger partial charge in [0.2, 0.25) is 0 Å². The third kappa shape index (κ3) is 4.14. The van der Waals surface area contributed by atoms with Crippen molar-refractivity contribution in [3.8, 4) is 0 Å². The van der Waals surface area contributed by atoms with E-state index in [0.717, 1.165) is 18.7 Å². The Morgan fingerprint density at radius 2 is 1.62 bits per heavy atom. The number of nitrogens with two attached hydrogens (primary N) is 1. The zero-order chi connectivity index (χ0) is 16.8. The smallest absolute Gasteiger partial charge is 0.159 e. The highest BCUT2D eigenvalue weighted by Gasteiger charge is 2.08. The van der Waals surface area contributed by atoms with E-state index in [1.54, 1.807) is 12.1 Å². The first-order valence-electron chi connectivity index (χ1n) is 7.63. The SMILES string of the molecule is Nc1c(NCCc2ccccc2)ncnc1Nc1ccc(Cl)cc1. The van der Waals surface area contributed by atoms with Crippen molar-refractivity contribution < 1.29 is 0 Å². The lowest BCUT2D eigenvalue weighted by atomic mass is 10.1. The fourth-order valence-corrected chi connectivity index (χ4v) is 2.40. The highest BCUT2D eigenvalue weighted by molar-refractivity contribution is 6.30. The summed E-state index contributed by atoms with van der Waals surface area (Å²) >= 11 is 5.89. The Labute approximate surface area is 145 Å². The minimum atomic E-state index is 0.487.